The van der Waals surface area contributed by atoms with Crippen LogP contribution in [0, 0.1) is 0 Å². The Morgan fingerprint density at radius 2 is 1.94 bits per heavy atom. The molecule has 1 aliphatic heterocycles. The fourth-order valence-electron chi connectivity index (χ4n) is 4.87. The summed E-state index contributed by atoms with van der Waals surface area (Å²) in [6, 6.07) is 14.4. The van der Waals surface area contributed by atoms with Crippen molar-refractivity contribution in [3.8, 4) is 11.3 Å². The molecule has 0 radical (unpaired) electrons. The molecule has 0 spiro atoms. The summed E-state index contributed by atoms with van der Waals surface area (Å²) in [6.07, 6.45) is 6.37. The molecule has 184 valence electrons. The van der Waals surface area contributed by atoms with Gasteiger partial charge in [-0.05, 0) is 60.9 Å². The van der Waals surface area contributed by atoms with Crippen LogP contribution in [0.25, 0.3) is 27.9 Å². The van der Waals surface area contributed by atoms with Crippen LogP contribution < -0.4 is 5.73 Å². The zero-order valence-electron chi connectivity index (χ0n) is 26.3. The quantitative estimate of drug-likeness (QED) is 0.440. The lowest BCUT2D eigenvalue weighted by Gasteiger charge is -2.32. The van der Waals surface area contributed by atoms with Crippen molar-refractivity contribution in [1.82, 2.24) is 24.3 Å². The number of pyridine rings is 2. The minimum absolute atomic E-state index is 0.00980. The summed E-state index contributed by atoms with van der Waals surface area (Å²) in [4.78, 5) is 24.2. The van der Waals surface area contributed by atoms with Crippen LogP contribution in [0.3, 0.4) is 0 Å². The number of fused-ring (bicyclic) bond motifs is 1. The van der Waals surface area contributed by atoms with E-state index in [9.17, 15) is 4.79 Å². The fraction of sp³-hybridized carbons (Fsp3) is 0.276. The monoisotopic (exact) mass is 486 g/mol. The highest BCUT2D eigenvalue weighted by Crippen LogP contribution is 2.34. The average molecular weight is 487 g/mol. The zero-order valence-corrected chi connectivity index (χ0v) is 20.3. The first-order chi connectivity index (χ1) is 19.8. The van der Waals surface area contributed by atoms with E-state index in [1.54, 1.807) is 24.5 Å². The number of nitrogen functional groups attached to an aromatic ring is 1. The van der Waals surface area contributed by atoms with Gasteiger partial charge in [0.1, 0.15) is 5.65 Å². The van der Waals surface area contributed by atoms with E-state index < -0.39 is 19.9 Å². The van der Waals surface area contributed by atoms with E-state index >= 15 is 0 Å². The molecular weight excluding hydrogens is 448 g/mol. The largest absolute Gasteiger partial charge is 0.397 e. The Morgan fingerprint density at radius 1 is 1.14 bits per heavy atom. The smallest absolute Gasteiger partial charge is 0.253 e. The molecule has 1 atom stereocenters. The van der Waals surface area contributed by atoms with Crippen LogP contribution in [0.15, 0.2) is 67.0 Å². The Kier molecular flexibility index (Phi) is 4.65. The van der Waals surface area contributed by atoms with Gasteiger partial charge in [0.2, 0.25) is 0 Å². The summed E-state index contributed by atoms with van der Waals surface area (Å²) in [5, 5.41) is 1.03. The molecule has 7 nitrogen and oxygen atoms in total. The normalized spacial score (nSPS) is 18.2. The minimum atomic E-state index is -3.08. The lowest BCUT2D eigenvalue weighted by molar-refractivity contribution is 0.0827. The van der Waals surface area contributed by atoms with E-state index in [2.05, 4.69) is 38.5 Å². The number of benzene rings is 1. The van der Waals surface area contributed by atoms with Gasteiger partial charge >= 0.3 is 0 Å². The second-order valence-corrected chi connectivity index (χ2v) is 9.07. The van der Waals surface area contributed by atoms with Crippen LogP contribution in [0.2, 0.25) is 0 Å². The molecule has 1 aromatic carbocycles. The molecule has 0 aliphatic carbocycles. The number of aryl methyl sites for hydroxylation is 1. The highest BCUT2D eigenvalue weighted by molar-refractivity contribution is 5.94. The fourth-order valence-corrected chi connectivity index (χ4v) is 4.87. The minimum Gasteiger partial charge on any atom is -0.397 e. The molecule has 36 heavy (non-hydrogen) atoms. The third kappa shape index (κ3) is 4.38. The summed E-state index contributed by atoms with van der Waals surface area (Å²) in [6.45, 7) is -2.47. The van der Waals surface area contributed by atoms with Crippen molar-refractivity contribution in [1.29, 1.82) is 0 Å². The Bertz CT molecular complexity index is 1630. The highest BCUT2D eigenvalue weighted by Gasteiger charge is 2.23. The molecule has 0 saturated carbocycles. The van der Waals surface area contributed by atoms with Crippen molar-refractivity contribution in [2.24, 2.45) is 7.05 Å². The van der Waals surface area contributed by atoms with Gasteiger partial charge in [-0.3, -0.25) is 14.7 Å². The number of amides is 1. The van der Waals surface area contributed by atoms with Gasteiger partial charge < -0.3 is 15.2 Å². The number of nitrogens with zero attached hydrogens (tertiary/aromatic N) is 5. The molecule has 4 heterocycles. The third-order valence-electron chi connectivity index (χ3n) is 6.95. The van der Waals surface area contributed by atoms with Crippen molar-refractivity contribution in [3.05, 3.63) is 83.8 Å². The lowest BCUT2D eigenvalue weighted by Crippen LogP contribution is -2.32. The number of hydrogen-bond donors (Lipinski definition) is 1. The van der Waals surface area contributed by atoms with E-state index in [1.807, 2.05) is 25.2 Å². The molecule has 2 N–H and O–H groups in total. The number of nitrogens with two attached hydrogens (primary N) is 1. The summed E-state index contributed by atoms with van der Waals surface area (Å²) >= 11 is 0. The van der Waals surface area contributed by atoms with E-state index in [0.29, 0.717) is 12.2 Å². The van der Waals surface area contributed by atoms with Crippen LogP contribution in [-0.2, 0) is 7.05 Å². The number of rotatable bonds is 5. The number of aromatic nitrogens is 3. The van der Waals surface area contributed by atoms with Crippen LogP contribution >= 0.6 is 0 Å². The molecular formula is C29H32N6O. The van der Waals surface area contributed by atoms with Crippen LogP contribution in [0.4, 0.5) is 5.69 Å². The Balaban J connectivity index is 1.33. The molecule has 7 heteroatoms. The van der Waals surface area contributed by atoms with Gasteiger partial charge in [-0.25, -0.2) is 4.98 Å². The SMILES string of the molecule is [2H]C([2H])([2H])N(C(=O)c1ccc(C2=CCN(C(C)c3cc4c(-c5ccc(N)cn5)ccnc4n3C)CC2)cc1)C([2H])([2H])[2H]. The van der Waals surface area contributed by atoms with Crippen molar-refractivity contribution in [2.45, 2.75) is 19.4 Å². The summed E-state index contributed by atoms with van der Waals surface area (Å²) in [5.41, 5.74) is 12.3. The van der Waals surface area contributed by atoms with Crippen molar-refractivity contribution < 1.29 is 13.0 Å². The lowest BCUT2D eigenvalue weighted by atomic mass is 9.97. The van der Waals surface area contributed by atoms with Crippen molar-refractivity contribution >= 4 is 28.2 Å². The second kappa shape index (κ2) is 9.59. The van der Waals surface area contributed by atoms with E-state index in [1.165, 1.54) is 12.1 Å². The number of carbonyl (C=O) groups excluding carboxylic acids is 1. The van der Waals surface area contributed by atoms with Crippen molar-refractivity contribution in [3.63, 3.8) is 0 Å². The van der Waals surface area contributed by atoms with E-state index in [4.69, 9.17) is 14.0 Å². The molecule has 1 unspecified atom stereocenters. The first-order valence-corrected chi connectivity index (χ1v) is 11.8. The van der Waals surface area contributed by atoms with Crippen molar-refractivity contribution in [2.75, 3.05) is 32.8 Å². The van der Waals surface area contributed by atoms with Gasteiger partial charge in [0.25, 0.3) is 5.91 Å². The predicted octanol–water partition coefficient (Wildman–Crippen LogP) is 4.77. The average Bonchev–Trinajstić information content (AvgIpc) is 3.28. The molecule has 3 aromatic heterocycles. The van der Waals surface area contributed by atoms with Crippen LogP contribution in [0.1, 0.15) is 49.2 Å². The van der Waals surface area contributed by atoms with Crippen LogP contribution in [0.5, 0.6) is 0 Å². The predicted molar refractivity (Wildman–Crippen MR) is 145 cm³/mol. The molecule has 0 saturated heterocycles. The first kappa shape index (κ1) is 17.5. The molecule has 4 aromatic rings. The molecule has 0 bridgehead atoms. The standard InChI is InChI=1S/C29H32N6O/c1-19(35-15-12-21(13-16-35)20-5-7-22(8-6-20)29(36)33(2)3)27-17-25-24(11-14-31-28(25)34(27)4)26-10-9-23(30)18-32-26/h5-12,14,17-19H,13,15-16,30H2,1-4H3/i2D3,3D3. The van der Waals surface area contributed by atoms with E-state index in [0.717, 1.165) is 52.1 Å². The Labute approximate surface area is 220 Å². The zero-order chi connectivity index (χ0) is 30.4. The maximum atomic E-state index is 12.8. The molecule has 5 rings (SSSR count). The first-order valence-electron chi connectivity index (χ1n) is 14.8. The summed E-state index contributed by atoms with van der Waals surface area (Å²) in [7, 11) is 2.02. The third-order valence-corrected chi connectivity index (χ3v) is 6.95. The summed E-state index contributed by atoms with van der Waals surface area (Å²) < 4.78 is 47.1. The highest BCUT2D eigenvalue weighted by atomic mass is 16.2. The maximum absolute atomic E-state index is 12.8. The number of anilines is 1. The Morgan fingerprint density at radius 3 is 2.61 bits per heavy atom. The van der Waals surface area contributed by atoms with Gasteiger partial charge in [0.15, 0.2) is 0 Å². The van der Waals surface area contributed by atoms with Gasteiger partial charge in [-0.15, -0.1) is 0 Å². The summed E-state index contributed by atoms with van der Waals surface area (Å²) in [5.74, 6) is -1.06. The number of carbonyl (C=O) groups is 1. The van der Waals surface area contributed by atoms with Gasteiger partial charge in [0.05, 0.1) is 17.6 Å². The Hall–Kier alpha value is -3.97. The topological polar surface area (TPSA) is 80.3 Å². The van der Waals surface area contributed by atoms with Gasteiger partial charge in [0, 0.05) is 76.8 Å². The second-order valence-electron chi connectivity index (χ2n) is 9.07. The van der Waals surface area contributed by atoms with Gasteiger partial charge in [-0.2, -0.15) is 0 Å². The van der Waals surface area contributed by atoms with Gasteiger partial charge in [-0.1, -0.05) is 18.2 Å². The molecule has 1 aliphatic rings. The van der Waals surface area contributed by atoms with E-state index in [-0.39, 0.29) is 16.5 Å². The number of hydrogen-bond acceptors (Lipinski definition) is 5. The maximum Gasteiger partial charge on any atom is 0.253 e. The molecule has 1 amide bonds. The molecule has 0 fully saturated rings. The van der Waals surface area contributed by atoms with Crippen LogP contribution in [-0.4, -0.2) is 57.3 Å².